The number of nitrogens with one attached hydrogen (secondary N) is 3. The lowest BCUT2D eigenvalue weighted by atomic mass is 9.79. The summed E-state index contributed by atoms with van der Waals surface area (Å²) in [6, 6.07) is 7.62. The minimum Gasteiger partial charge on any atom is -0.350 e. The van der Waals surface area contributed by atoms with Crippen LogP contribution in [0.15, 0.2) is 24.3 Å². The first-order valence-corrected chi connectivity index (χ1v) is 8.40. The molecule has 0 spiro atoms. The zero-order valence-electron chi connectivity index (χ0n) is 14.1. The maximum atomic E-state index is 12.6. The molecule has 1 aliphatic heterocycles. The Morgan fingerprint density at radius 1 is 1.17 bits per heavy atom. The molecular formula is C18H24ClN3O. The van der Waals surface area contributed by atoms with E-state index in [4.69, 9.17) is 11.6 Å². The standard InChI is InChI=1S/C18H24ClN3O/c1-17(2)9-13(10-18(3,4)22-17)20-16(23)15-7-11-5-6-12(19)8-14(11)21-15/h5-8,13,21-22H,9-10H2,1-4H3,(H,20,23). The average Bonchev–Trinajstić information content (AvgIpc) is 2.77. The van der Waals surface area contributed by atoms with Crippen LogP contribution in [0.2, 0.25) is 5.02 Å². The molecule has 0 unspecified atom stereocenters. The number of H-pyrrole nitrogens is 1. The summed E-state index contributed by atoms with van der Waals surface area (Å²) in [5, 5.41) is 8.46. The number of carbonyl (C=O) groups excluding carboxylic acids is 1. The van der Waals surface area contributed by atoms with Crippen molar-refractivity contribution < 1.29 is 4.79 Å². The van der Waals surface area contributed by atoms with E-state index >= 15 is 0 Å². The van der Waals surface area contributed by atoms with Crippen LogP contribution in [0.4, 0.5) is 0 Å². The van der Waals surface area contributed by atoms with E-state index in [-0.39, 0.29) is 23.0 Å². The lowest BCUT2D eigenvalue weighted by molar-refractivity contribution is 0.0869. The van der Waals surface area contributed by atoms with E-state index in [2.05, 4.69) is 43.3 Å². The number of benzene rings is 1. The van der Waals surface area contributed by atoms with Gasteiger partial charge in [-0.2, -0.15) is 0 Å². The summed E-state index contributed by atoms with van der Waals surface area (Å²) in [4.78, 5) is 15.7. The number of hydrogen-bond acceptors (Lipinski definition) is 2. The Morgan fingerprint density at radius 2 is 1.83 bits per heavy atom. The van der Waals surface area contributed by atoms with Crippen LogP contribution in [-0.4, -0.2) is 28.0 Å². The molecule has 23 heavy (non-hydrogen) atoms. The van der Waals surface area contributed by atoms with Crippen molar-refractivity contribution >= 4 is 28.4 Å². The van der Waals surface area contributed by atoms with Crippen molar-refractivity contribution in [3.05, 3.63) is 35.0 Å². The van der Waals surface area contributed by atoms with Gasteiger partial charge in [0, 0.05) is 33.0 Å². The molecule has 1 aromatic carbocycles. The Balaban J connectivity index is 1.77. The smallest absolute Gasteiger partial charge is 0.267 e. The number of hydrogen-bond donors (Lipinski definition) is 3. The SMILES string of the molecule is CC1(C)CC(NC(=O)c2cc3ccc(Cl)cc3[nH]2)CC(C)(C)N1. The van der Waals surface area contributed by atoms with Gasteiger partial charge >= 0.3 is 0 Å². The summed E-state index contributed by atoms with van der Waals surface area (Å²) in [6.45, 7) is 8.71. The van der Waals surface area contributed by atoms with Crippen LogP contribution in [0.25, 0.3) is 10.9 Å². The maximum Gasteiger partial charge on any atom is 0.267 e. The first-order chi connectivity index (χ1) is 10.6. The van der Waals surface area contributed by atoms with Crippen LogP contribution in [-0.2, 0) is 0 Å². The van der Waals surface area contributed by atoms with Crippen molar-refractivity contribution in [2.75, 3.05) is 0 Å². The second-order valence-electron chi connectivity index (χ2n) is 7.89. The molecule has 2 aromatic rings. The van der Waals surface area contributed by atoms with Gasteiger partial charge in [0.15, 0.2) is 0 Å². The number of carbonyl (C=O) groups is 1. The molecular weight excluding hydrogens is 310 g/mol. The largest absolute Gasteiger partial charge is 0.350 e. The van der Waals surface area contributed by atoms with Crippen molar-refractivity contribution in [2.24, 2.45) is 0 Å². The summed E-state index contributed by atoms with van der Waals surface area (Å²) in [5.41, 5.74) is 1.48. The van der Waals surface area contributed by atoms with Crippen LogP contribution < -0.4 is 10.6 Å². The number of rotatable bonds is 2. The number of aromatic amines is 1. The zero-order valence-corrected chi connectivity index (χ0v) is 14.8. The van der Waals surface area contributed by atoms with Crippen molar-refractivity contribution in [3.63, 3.8) is 0 Å². The van der Waals surface area contributed by atoms with Gasteiger partial charge in [0.05, 0.1) is 0 Å². The monoisotopic (exact) mass is 333 g/mol. The van der Waals surface area contributed by atoms with Gasteiger partial charge in [-0.05, 0) is 58.7 Å². The van der Waals surface area contributed by atoms with E-state index in [1.165, 1.54) is 0 Å². The fraction of sp³-hybridized carbons (Fsp3) is 0.500. The quantitative estimate of drug-likeness (QED) is 0.781. The van der Waals surface area contributed by atoms with Crippen molar-refractivity contribution in [2.45, 2.75) is 57.7 Å². The number of amides is 1. The fourth-order valence-corrected chi connectivity index (χ4v) is 4.08. The van der Waals surface area contributed by atoms with E-state index in [1.54, 1.807) is 0 Å². The molecule has 124 valence electrons. The summed E-state index contributed by atoms with van der Waals surface area (Å²) >= 11 is 6.00. The number of fused-ring (bicyclic) bond motifs is 1. The van der Waals surface area contributed by atoms with Gasteiger partial charge in [-0.25, -0.2) is 0 Å². The Hall–Kier alpha value is -1.52. The van der Waals surface area contributed by atoms with Crippen molar-refractivity contribution in [1.29, 1.82) is 0 Å². The molecule has 1 saturated heterocycles. The zero-order chi connectivity index (χ0) is 16.8. The summed E-state index contributed by atoms with van der Waals surface area (Å²) in [7, 11) is 0. The highest BCUT2D eigenvalue weighted by molar-refractivity contribution is 6.31. The minimum atomic E-state index is -0.0594. The Bertz CT molecular complexity index is 732. The molecule has 0 radical (unpaired) electrons. The molecule has 1 amide bonds. The van der Waals surface area contributed by atoms with Crippen molar-refractivity contribution in [3.8, 4) is 0 Å². The van der Waals surface area contributed by atoms with E-state index in [9.17, 15) is 4.79 Å². The third-order valence-electron chi connectivity index (χ3n) is 4.35. The summed E-state index contributed by atoms with van der Waals surface area (Å²) < 4.78 is 0. The first-order valence-electron chi connectivity index (χ1n) is 8.02. The molecule has 3 rings (SSSR count). The summed E-state index contributed by atoms with van der Waals surface area (Å²) in [5.74, 6) is -0.0594. The molecule has 0 aliphatic carbocycles. The lowest BCUT2D eigenvalue weighted by Gasteiger charge is -2.46. The van der Waals surface area contributed by atoms with Gasteiger partial charge in [0.25, 0.3) is 5.91 Å². The molecule has 0 saturated carbocycles. The van der Waals surface area contributed by atoms with Crippen LogP contribution >= 0.6 is 11.6 Å². The third kappa shape index (κ3) is 3.70. The van der Waals surface area contributed by atoms with Crippen molar-refractivity contribution in [1.82, 2.24) is 15.6 Å². The molecule has 1 aliphatic rings. The Labute approximate surface area is 142 Å². The Morgan fingerprint density at radius 3 is 2.48 bits per heavy atom. The minimum absolute atomic E-state index is 0.00761. The highest BCUT2D eigenvalue weighted by Crippen LogP contribution is 2.29. The molecule has 1 aromatic heterocycles. The summed E-state index contributed by atoms with van der Waals surface area (Å²) in [6.07, 6.45) is 1.82. The highest BCUT2D eigenvalue weighted by atomic mass is 35.5. The topological polar surface area (TPSA) is 56.9 Å². The van der Waals surface area contributed by atoms with Gasteiger partial charge in [0.2, 0.25) is 0 Å². The predicted octanol–water partition coefficient (Wildman–Crippen LogP) is 3.86. The van der Waals surface area contributed by atoms with E-state index < -0.39 is 0 Å². The molecule has 0 atom stereocenters. The number of aromatic nitrogens is 1. The van der Waals surface area contributed by atoms with Crippen LogP contribution in [0.5, 0.6) is 0 Å². The fourth-order valence-electron chi connectivity index (χ4n) is 3.91. The molecule has 2 heterocycles. The highest BCUT2D eigenvalue weighted by Gasteiger charge is 2.38. The van der Waals surface area contributed by atoms with Gasteiger partial charge in [-0.15, -0.1) is 0 Å². The second kappa shape index (κ2) is 5.53. The number of halogens is 1. The average molecular weight is 334 g/mol. The van der Waals surface area contributed by atoms with Crippen LogP contribution in [0, 0.1) is 0 Å². The maximum absolute atomic E-state index is 12.6. The Kier molecular flexibility index (Phi) is 3.93. The van der Waals surface area contributed by atoms with E-state index in [0.717, 1.165) is 23.7 Å². The van der Waals surface area contributed by atoms with E-state index in [0.29, 0.717) is 10.7 Å². The molecule has 4 nitrogen and oxygen atoms in total. The predicted molar refractivity (Wildman–Crippen MR) is 95.1 cm³/mol. The lowest BCUT2D eigenvalue weighted by Crippen LogP contribution is -2.62. The third-order valence-corrected chi connectivity index (χ3v) is 4.59. The molecule has 5 heteroatoms. The number of piperidine rings is 1. The van der Waals surface area contributed by atoms with E-state index in [1.807, 2.05) is 24.3 Å². The second-order valence-corrected chi connectivity index (χ2v) is 8.32. The van der Waals surface area contributed by atoms with Crippen LogP contribution in [0.1, 0.15) is 51.0 Å². The van der Waals surface area contributed by atoms with Gasteiger partial charge in [-0.3, -0.25) is 4.79 Å². The van der Waals surface area contributed by atoms with Gasteiger partial charge in [0.1, 0.15) is 5.69 Å². The van der Waals surface area contributed by atoms with Crippen LogP contribution in [0.3, 0.4) is 0 Å². The first kappa shape index (κ1) is 16.3. The van der Waals surface area contributed by atoms with Gasteiger partial charge < -0.3 is 15.6 Å². The molecule has 0 bridgehead atoms. The molecule has 1 fully saturated rings. The molecule has 3 N–H and O–H groups in total. The van der Waals surface area contributed by atoms with Gasteiger partial charge in [-0.1, -0.05) is 17.7 Å². The normalized spacial score (nSPS) is 20.6.